The summed E-state index contributed by atoms with van der Waals surface area (Å²) < 4.78 is 37.7. The Morgan fingerprint density at radius 2 is 2.20 bits per heavy atom. The maximum Gasteiger partial charge on any atom is 0.406 e. The van der Waals surface area contributed by atoms with Crippen molar-refractivity contribution in [1.29, 1.82) is 0 Å². The molecule has 0 spiro atoms. The largest absolute Gasteiger partial charge is 0.406 e. The quantitative estimate of drug-likeness (QED) is 0.777. The van der Waals surface area contributed by atoms with Crippen LogP contribution in [0.15, 0.2) is 29.9 Å². The fourth-order valence-electron chi connectivity index (χ4n) is 1.26. The predicted molar refractivity (Wildman–Crippen MR) is 51.6 cm³/mol. The molecule has 0 aliphatic heterocycles. The minimum absolute atomic E-state index is 0.363. The first-order valence-electron chi connectivity index (χ1n) is 4.18. The lowest BCUT2D eigenvalue weighted by molar-refractivity contribution is -0.140. The third-order valence-electron chi connectivity index (χ3n) is 1.81. The second-order valence-electron chi connectivity index (χ2n) is 2.97. The van der Waals surface area contributed by atoms with E-state index in [0.717, 1.165) is 9.44 Å². The van der Waals surface area contributed by atoms with Crippen LogP contribution in [0.4, 0.5) is 13.2 Å². The van der Waals surface area contributed by atoms with Gasteiger partial charge in [-0.05, 0) is 11.4 Å². The summed E-state index contributed by atoms with van der Waals surface area (Å²) in [5, 5.41) is 1.81. The molecule has 2 rings (SSSR count). The summed E-state index contributed by atoms with van der Waals surface area (Å²) in [4.78, 5) is 4.66. The van der Waals surface area contributed by atoms with Crippen molar-refractivity contribution in [1.82, 2.24) is 9.55 Å². The highest BCUT2D eigenvalue weighted by atomic mass is 32.1. The standard InChI is InChI=1S/C9H7F3N2S/c10-9(11,12)6-14-4-3-13-8(14)7-2-1-5-15-7/h1-5H,6H2. The van der Waals surface area contributed by atoms with Crippen LogP contribution in [0.25, 0.3) is 10.7 Å². The van der Waals surface area contributed by atoms with E-state index < -0.39 is 12.7 Å². The number of hydrogen-bond acceptors (Lipinski definition) is 2. The average molecular weight is 232 g/mol. The van der Waals surface area contributed by atoms with Gasteiger partial charge in [-0.1, -0.05) is 6.07 Å². The van der Waals surface area contributed by atoms with E-state index in [1.165, 1.54) is 23.7 Å². The fourth-order valence-corrected chi connectivity index (χ4v) is 2.00. The highest BCUT2D eigenvalue weighted by Gasteiger charge is 2.29. The van der Waals surface area contributed by atoms with Crippen molar-refractivity contribution in [2.75, 3.05) is 0 Å². The second-order valence-corrected chi connectivity index (χ2v) is 3.92. The first kappa shape index (κ1) is 10.2. The van der Waals surface area contributed by atoms with Crippen molar-refractivity contribution in [3.63, 3.8) is 0 Å². The van der Waals surface area contributed by atoms with Crippen molar-refractivity contribution in [3.8, 4) is 10.7 Å². The second kappa shape index (κ2) is 3.69. The molecule has 6 heteroatoms. The van der Waals surface area contributed by atoms with E-state index in [1.807, 2.05) is 5.38 Å². The minimum atomic E-state index is -4.22. The number of hydrogen-bond donors (Lipinski definition) is 0. The molecule has 0 saturated carbocycles. The predicted octanol–water partition coefficient (Wildman–Crippen LogP) is 3.17. The average Bonchev–Trinajstić information content (AvgIpc) is 2.68. The molecule has 2 nitrogen and oxygen atoms in total. The molecule has 0 amide bonds. The van der Waals surface area contributed by atoms with Crippen LogP contribution < -0.4 is 0 Å². The Kier molecular flexibility index (Phi) is 2.52. The van der Waals surface area contributed by atoms with E-state index in [9.17, 15) is 13.2 Å². The van der Waals surface area contributed by atoms with Gasteiger partial charge in [0.1, 0.15) is 12.4 Å². The molecule has 0 atom stereocenters. The Bertz CT molecular complexity index is 430. The summed E-state index contributed by atoms with van der Waals surface area (Å²) in [5.41, 5.74) is 0. The lowest BCUT2D eigenvalue weighted by Gasteiger charge is -2.09. The first-order chi connectivity index (χ1) is 7.06. The smallest absolute Gasteiger partial charge is 0.321 e. The molecule has 15 heavy (non-hydrogen) atoms. The maximum absolute atomic E-state index is 12.2. The van der Waals surface area contributed by atoms with Gasteiger partial charge in [0.05, 0.1) is 4.88 Å². The molecule has 0 fully saturated rings. The molecule has 2 aromatic rings. The minimum Gasteiger partial charge on any atom is -0.321 e. The molecule has 0 aliphatic carbocycles. The van der Waals surface area contributed by atoms with Crippen molar-refractivity contribution in [2.45, 2.75) is 12.7 Å². The van der Waals surface area contributed by atoms with Gasteiger partial charge in [0, 0.05) is 12.4 Å². The van der Waals surface area contributed by atoms with Gasteiger partial charge in [-0.2, -0.15) is 13.2 Å². The van der Waals surface area contributed by atoms with E-state index in [-0.39, 0.29) is 0 Å². The zero-order valence-electron chi connectivity index (χ0n) is 7.53. The van der Waals surface area contributed by atoms with Gasteiger partial charge >= 0.3 is 6.18 Å². The lowest BCUT2D eigenvalue weighted by atomic mass is 10.4. The van der Waals surface area contributed by atoms with Gasteiger partial charge in [0.2, 0.25) is 0 Å². The molecule has 80 valence electrons. The molecule has 2 aromatic heterocycles. The van der Waals surface area contributed by atoms with Crippen LogP contribution in [-0.4, -0.2) is 15.7 Å². The molecular weight excluding hydrogens is 225 g/mol. The summed E-state index contributed by atoms with van der Waals surface area (Å²) in [7, 11) is 0. The Balaban J connectivity index is 2.31. The van der Waals surface area contributed by atoms with E-state index >= 15 is 0 Å². The van der Waals surface area contributed by atoms with Gasteiger partial charge in [-0.15, -0.1) is 11.3 Å². The number of thiophene rings is 1. The van der Waals surface area contributed by atoms with Crippen LogP contribution >= 0.6 is 11.3 Å². The molecule has 0 unspecified atom stereocenters. The topological polar surface area (TPSA) is 17.8 Å². The molecule has 0 aliphatic rings. The molecule has 0 bridgehead atoms. The monoisotopic (exact) mass is 232 g/mol. The van der Waals surface area contributed by atoms with Crippen LogP contribution in [0.3, 0.4) is 0 Å². The molecular formula is C9H7F3N2S. The van der Waals surface area contributed by atoms with Gasteiger partial charge in [-0.25, -0.2) is 4.98 Å². The maximum atomic E-state index is 12.2. The third-order valence-corrected chi connectivity index (χ3v) is 2.67. The number of imidazole rings is 1. The Morgan fingerprint density at radius 1 is 1.40 bits per heavy atom. The van der Waals surface area contributed by atoms with E-state index in [1.54, 1.807) is 12.1 Å². The van der Waals surface area contributed by atoms with Crippen LogP contribution in [0.1, 0.15) is 0 Å². The normalized spacial score (nSPS) is 11.9. The summed E-state index contributed by atoms with van der Waals surface area (Å²) in [6, 6.07) is 3.53. The Hall–Kier alpha value is -1.30. The molecule has 0 saturated heterocycles. The van der Waals surface area contributed by atoms with Gasteiger partial charge < -0.3 is 4.57 Å². The van der Waals surface area contributed by atoms with Crippen molar-refractivity contribution < 1.29 is 13.2 Å². The number of halogens is 3. The molecule has 0 aromatic carbocycles. The van der Waals surface area contributed by atoms with Crippen LogP contribution in [0.5, 0.6) is 0 Å². The van der Waals surface area contributed by atoms with Crippen LogP contribution in [-0.2, 0) is 6.54 Å². The summed E-state index contributed by atoms with van der Waals surface area (Å²) in [5.74, 6) is 0.363. The molecule has 2 heterocycles. The highest BCUT2D eigenvalue weighted by Crippen LogP contribution is 2.26. The van der Waals surface area contributed by atoms with Gasteiger partial charge in [-0.3, -0.25) is 0 Å². The fraction of sp³-hybridized carbons (Fsp3) is 0.222. The van der Waals surface area contributed by atoms with E-state index in [0.29, 0.717) is 5.82 Å². The SMILES string of the molecule is FC(F)(F)Cn1ccnc1-c1cccs1. The van der Waals surface area contributed by atoms with Crippen molar-refractivity contribution in [2.24, 2.45) is 0 Å². The Morgan fingerprint density at radius 3 is 2.80 bits per heavy atom. The highest BCUT2D eigenvalue weighted by molar-refractivity contribution is 7.13. The Labute approximate surface area is 88.0 Å². The summed E-state index contributed by atoms with van der Waals surface area (Å²) in [6.07, 6.45) is -1.50. The van der Waals surface area contributed by atoms with Crippen molar-refractivity contribution >= 4 is 11.3 Å². The van der Waals surface area contributed by atoms with E-state index in [2.05, 4.69) is 4.98 Å². The third kappa shape index (κ3) is 2.38. The number of alkyl halides is 3. The number of rotatable bonds is 2. The van der Waals surface area contributed by atoms with Crippen molar-refractivity contribution in [3.05, 3.63) is 29.9 Å². The van der Waals surface area contributed by atoms with Gasteiger partial charge in [0.25, 0.3) is 0 Å². The first-order valence-corrected chi connectivity index (χ1v) is 5.06. The summed E-state index contributed by atoms with van der Waals surface area (Å²) >= 11 is 1.37. The molecule has 0 N–H and O–H groups in total. The zero-order valence-corrected chi connectivity index (χ0v) is 8.35. The van der Waals surface area contributed by atoms with E-state index in [4.69, 9.17) is 0 Å². The van der Waals surface area contributed by atoms with Crippen LogP contribution in [0, 0.1) is 0 Å². The van der Waals surface area contributed by atoms with Crippen LogP contribution in [0.2, 0.25) is 0 Å². The zero-order chi connectivity index (χ0) is 10.9. The number of nitrogens with zero attached hydrogens (tertiary/aromatic N) is 2. The molecule has 0 radical (unpaired) electrons. The lowest BCUT2D eigenvalue weighted by Crippen LogP contribution is -2.17. The summed E-state index contributed by atoms with van der Waals surface area (Å²) in [6.45, 7) is -1.000. The van der Waals surface area contributed by atoms with Gasteiger partial charge in [0.15, 0.2) is 0 Å². The number of aromatic nitrogens is 2.